The molecule has 0 saturated carbocycles. The molecule has 0 atom stereocenters. The summed E-state index contributed by atoms with van der Waals surface area (Å²) in [6.45, 7) is 2.09. The van der Waals surface area contributed by atoms with Gasteiger partial charge in [-0.25, -0.2) is 14.6 Å². The second kappa shape index (κ2) is 8.02. The van der Waals surface area contributed by atoms with Crippen molar-refractivity contribution >= 4 is 22.8 Å². The van der Waals surface area contributed by atoms with Gasteiger partial charge in [0.05, 0.1) is 12.3 Å². The lowest BCUT2D eigenvalue weighted by molar-refractivity contribution is 0.626. The van der Waals surface area contributed by atoms with Gasteiger partial charge in [0.2, 0.25) is 5.95 Å². The van der Waals surface area contributed by atoms with Crippen LogP contribution in [0.1, 0.15) is 18.1 Å². The summed E-state index contributed by atoms with van der Waals surface area (Å²) in [7, 11) is 2.98. The maximum absolute atomic E-state index is 13.3. The second-order valence-electron chi connectivity index (χ2n) is 7.20. The number of nitrogens with zero attached hydrogens (tertiary/aromatic N) is 5. The predicted octanol–water partition coefficient (Wildman–Crippen LogP) is 2.46. The normalized spacial score (nSPS) is 11.8. The molecular formula is C22H21FN6O2. The van der Waals surface area contributed by atoms with Crippen molar-refractivity contribution in [1.82, 2.24) is 18.7 Å². The molecule has 9 heteroatoms. The summed E-state index contributed by atoms with van der Waals surface area (Å²) >= 11 is 0. The molecule has 0 unspecified atom stereocenters. The van der Waals surface area contributed by atoms with E-state index in [1.54, 1.807) is 23.7 Å². The van der Waals surface area contributed by atoms with Gasteiger partial charge in [0.1, 0.15) is 5.82 Å². The highest BCUT2D eigenvalue weighted by Crippen LogP contribution is 2.18. The van der Waals surface area contributed by atoms with E-state index in [4.69, 9.17) is 0 Å². The van der Waals surface area contributed by atoms with Gasteiger partial charge < -0.3 is 0 Å². The van der Waals surface area contributed by atoms with Crippen molar-refractivity contribution in [2.45, 2.75) is 13.5 Å². The van der Waals surface area contributed by atoms with E-state index in [-0.39, 0.29) is 23.5 Å². The smallest absolute Gasteiger partial charge is 0.298 e. The van der Waals surface area contributed by atoms with Crippen molar-refractivity contribution in [3.05, 3.63) is 92.4 Å². The Kier molecular flexibility index (Phi) is 5.24. The zero-order chi connectivity index (χ0) is 22.1. The number of rotatable bonds is 5. The minimum Gasteiger partial charge on any atom is -0.298 e. The lowest BCUT2D eigenvalue weighted by atomic mass is 10.1. The van der Waals surface area contributed by atoms with Crippen LogP contribution in [0.15, 0.2) is 69.3 Å². The van der Waals surface area contributed by atoms with E-state index < -0.39 is 11.2 Å². The molecule has 0 aliphatic carbocycles. The van der Waals surface area contributed by atoms with E-state index in [0.717, 1.165) is 21.4 Å². The largest absolute Gasteiger partial charge is 0.332 e. The Morgan fingerprint density at radius 3 is 2.39 bits per heavy atom. The maximum atomic E-state index is 13.3. The number of benzene rings is 2. The molecule has 31 heavy (non-hydrogen) atoms. The highest BCUT2D eigenvalue weighted by atomic mass is 19.1. The molecule has 0 bridgehead atoms. The van der Waals surface area contributed by atoms with Crippen LogP contribution in [0.5, 0.6) is 0 Å². The summed E-state index contributed by atoms with van der Waals surface area (Å²) in [4.78, 5) is 29.7. The SMILES string of the molecule is C/C(=N\Nc1nc2c(c(=O)n(C)c(=O)n2C)n1Cc1ccc(F)cc1)c1ccccc1. The zero-order valence-electron chi connectivity index (χ0n) is 17.3. The van der Waals surface area contributed by atoms with Crippen molar-refractivity contribution in [1.29, 1.82) is 0 Å². The van der Waals surface area contributed by atoms with E-state index in [1.807, 2.05) is 37.3 Å². The van der Waals surface area contributed by atoms with Gasteiger partial charge in [-0.15, -0.1) is 0 Å². The number of hydrazone groups is 1. The third kappa shape index (κ3) is 3.77. The van der Waals surface area contributed by atoms with Crippen molar-refractivity contribution in [2.24, 2.45) is 19.2 Å². The highest BCUT2D eigenvalue weighted by molar-refractivity contribution is 5.99. The van der Waals surface area contributed by atoms with E-state index >= 15 is 0 Å². The number of halogens is 1. The van der Waals surface area contributed by atoms with Crippen LogP contribution in [-0.2, 0) is 20.6 Å². The van der Waals surface area contributed by atoms with Gasteiger partial charge in [-0.05, 0) is 30.2 Å². The number of aromatic nitrogens is 4. The molecule has 0 aliphatic rings. The monoisotopic (exact) mass is 420 g/mol. The summed E-state index contributed by atoms with van der Waals surface area (Å²) in [5, 5.41) is 4.41. The first-order valence-corrected chi connectivity index (χ1v) is 9.63. The van der Waals surface area contributed by atoms with Crippen LogP contribution in [0.25, 0.3) is 11.2 Å². The summed E-state index contributed by atoms with van der Waals surface area (Å²) in [6.07, 6.45) is 0. The first-order valence-electron chi connectivity index (χ1n) is 9.63. The Morgan fingerprint density at radius 2 is 1.71 bits per heavy atom. The van der Waals surface area contributed by atoms with Gasteiger partial charge in [0, 0.05) is 14.1 Å². The van der Waals surface area contributed by atoms with Gasteiger partial charge in [0.25, 0.3) is 5.56 Å². The molecule has 8 nitrogen and oxygen atoms in total. The van der Waals surface area contributed by atoms with Crippen molar-refractivity contribution in [2.75, 3.05) is 5.43 Å². The first kappa shape index (κ1) is 20.3. The Labute approximate surface area is 176 Å². The third-order valence-electron chi connectivity index (χ3n) is 5.12. The fraction of sp³-hybridized carbons (Fsp3) is 0.182. The minimum atomic E-state index is -0.473. The molecule has 158 valence electrons. The minimum absolute atomic E-state index is 0.241. The predicted molar refractivity (Wildman–Crippen MR) is 118 cm³/mol. The van der Waals surface area contributed by atoms with Crippen molar-refractivity contribution in [3.63, 3.8) is 0 Å². The Hall–Kier alpha value is -4.01. The zero-order valence-corrected chi connectivity index (χ0v) is 17.3. The van der Waals surface area contributed by atoms with Crippen molar-refractivity contribution < 1.29 is 4.39 Å². The molecule has 4 rings (SSSR count). The highest BCUT2D eigenvalue weighted by Gasteiger charge is 2.19. The van der Waals surface area contributed by atoms with Gasteiger partial charge in [-0.1, -0.05) is 42.5 Å². The molecule has 0 spiro atoms. The van der Waals surface area contributed by atoms with Gasteiger partial charge >= 0.3 is 5.69 Å². The Bertz CT molecular complexity index is 1400. The number of aryl methyl sites for hydroxylation is 1. The summed E-state index contributed by atoms with van der Waals surface area (Å²) < 4.78 is 17.3. The summed E-state index contributed by atoms with van der Waals surface area (Å²) in [6, 6.07) is 15.6. The molecular weight excluding hydrogens is 399 g/mol. The molecule has 0 amide bonds. The van der Waals surface area contributed by atoms with Crippen molar-refractivity contribution in [3.8, 4) is 0 Å². The third-order valence-corrected chi connectivity index (χ3v) is 5.12. The van der Waals surface area contributed by atoms with E-state index in [2.05, 4.69) is 15.5 Å². The molecule has 1 N–H and O–H groups in total. The van der Waals surface area contributed by atoms with Crippen LogP contribution < -0.4 is 16.7 Å². The summed E-state index contributed by atoms with van der Waals surface area (Å²) in [5.41, 5.74) is 4.90. The molecule has 2 aromatic carbocycles. The number of hydrogen-bond donors (Lipinski definition) is 1. The molecule has 4 aromatic rings. The molecule has 0 fully saturated rings. The fourth-order valence-electron chi connectivity index (χ4n) is 3.34. The van der Waals surface area contributed by atoms with Gasteiger partial charge in [-0.3, -0.25) is 18.5 Å². The molecule has 2 aromatic heterocycles. The van der Waals surface area contributed by atoms with Gasteiger partial charge in [-0.2, -0.15) is 10.1 Å². The lowest BCUT2D eigenvalue weighted by Crippen LogP contribution is -2.37. The number of imidazole rings is 1. The number of hydrogen-bond acceptors (Lipinski definition) is 5. The molecule has 0 radical (unpaired) electrons. The average molecular weight is 420 g/mol. The lowest BCUT2D eigenvalue weighted by Gasteiger charge is -2.10. The van der Waals surface area contributed by atoms with Crippen LogP contribution in [0.2, 0.25) is 0 Å². The molecule has 0 aliphatic heterocycles. The number of nitrogens with one attached hydrogen (secondary N) is 1. The van der Waals surface area contributed by atoms with Crippen LogP contribution in [0, 0.1) is 5.82 Å². The number of fused-ring (bicyclic) bond motifs is 1. The van der Waals surface area contributed by atoms with E-state index in [9.17, 15) is 14.0 Å². The van der Waals surface area contributed by atoms with Crippen LogP contribution >= 0.6 is 0 Å². The van der Waals surface area contributed by atoms with E-state index in [1.165, 1.54) is 23.7 Å². The summed E-state index contributed by atoms with van der Waals surface area (Å²) in [5.74, 6) is -0.0492. The fourth-order valence-corrected chi connectivity index (χ4v) is 3.34. The number of anilines is 1. The Morgan fingerprint density at radius 1 is 1.03 bits per heavy atom. The maximum Gasteiger partial charge on any atom is 0.332 e. The quantitative estimate of drug-likeness (QED) is 0.397. The van der Waals surface area contributed by atoms with E-state index in [0.29, 0.717) is 5.95 Å². The van der Waals surface area contributed by atoms with Crippen LogP contribution in [0.3, 0.4) is 0 Å². The van der Waals surface area contributed by atoms with Crippen LogP contribution in [-0.4, -0.2) is 24.4 Å². The molecule has 2 heterocycles. The average Bonchev–Trinajstić information content (AvgIpc) is 3.15. The van der Waals surface area contributed by atoms with Gasteiger partial charge in [0.15, 0.2) is 11.2 Å². The Balaban J connectivity index is 1.86. The standard InChI is InChI=1S/C22H21FN6O2/c1-14(16-7-5-4-6-8-16)25-26-21-24-19-18(20(30)28(3)22(31)27(19)2)29(21)13-15-9-11-17(23)12-10-15/h4-12H,13H2,1-3H3,(H,24,26)/b25-14+. The van der Waals surface area contributed by atoms with Crippen LogP contribution in [0.4, 0.5) is 10.3 Å². The topological polar surface area (TPSA) is 86.2 Å². The molecule has 0 saturated heterocycles. The second-order valence-corrected chi connectivity index (χ2v) is 7.20. The first-order chi connectivity index (χ1) is 14.9.